The second kappa shape index (κ2) is 16.8. The molecule has 13 rings (SSSR count). The van der Waals surface area contributed by atoms with Gasteiger partial charge in [-0.15, -0.1) is 0 Å². The van der Waals surface area contributed by atoms with Crippen molar-refractivity contribution in [2.45, 2.75) is 0 Å². The maximum Gasteiger partial charge on any atom is 0.235 e. The molecule has 0 atom stereocenters. The zero-order valence-corrected chi connectivity index (χ0v) is 38.7. The fourth-order valence-corrected chi connectivity index (χ4v) is 15.7. The van der Waals surface area contributed by atoms with E-state index in [1.54, 1.807) is 0 Å². The van der Waals surface area contributed by atoms with Crippen molar-refractivity contribution in [2.24, 2.45) is 0 Å². The van der Waals surface area contributed by atoms with Crippen LogP contribution >= 0.6 is 0 Å². The minimum Gasteiger partial charge on any atom is -0.309 e. The van der Waals surface area contributed by atoms with Crippen LogP contribution in [0.4, 0.5) is 0 Å². The molecule has 0 amide bonds. The Labute approximate surface area is 401 Å². The van der Waals surface area contributed by atoms with Crippen molar-refractivity contribution in [3.8, 4) is 45.3 Å². The van der Waals surface area contributed by atoms with Crippen molar-refractivity contribution >= 4 is 72.4 Å². The molecule has 0 saturated carbocycles. The van der Waals surface area contributed by atoms with Crippen LogP contribution in [0.3, 0.4) is 0 Å². The standard InChI is InChI=1S/C64H44N4Si/c1-6-22-45(23-7-1)47-26-20-34-52(42-47)69(50-30-12-4-13-31-50,51-32-14-5-15-33-51)53-35-21-27-48(43-53)58-44-57(46-24-8-2-9-25-46)65-64(66-58)68-59-38-18-16-36-54(59)55-40-41-61-62(63(55)68)56-37-17-19-39-60(56)67(61)49-28-10-3-11-29-49/h1-44H. The monoisotopic (exact) mass is 896 g/mol. The number of nitrogens with zero attached hydrogens (tertiary/aromatic N) is 4. The van der Waals surface area contributed by atoms with E-state index in [-0.39, 0.29) is 0 Å². The van der Waals surface area contributed by atoms with Crippen LogP contribution in [0.5, 0.6) is 0 Å². The number of hydrogen-bond acceptors (Lipinski definition) is 2. The molecule has 69 heavy (non-hydrogen) atoms. The van der Waals surface area contributed by atoms with Crippen molar-refractivity contribution < 1.29 is 0 Å². The number of rotatable bonds is 9. The van der Waals surface area contributed by atoms with Crippen LogP contribution in [-0.2, 0) is 0 Å². The van der Waals surface area contributed by atoms with E-state index in [2.05, 4.69) is 276 Å². The molecular weight excluding hydrogens is 853 g/mol. The Hall–Kier alpha value is -8.90. The Kier molecular flexibility index (Phi) is 9.81. The molecule has 0 aliphatic rings. The molecular formula is C64H44N4Si. The van der Waals surface area contributed by atoms with Gasteiger partial charge in [-0.1, -0.05) is 231 Å². The smallest absolute Gasteiger partial charge is 0.235 e. The molecule has 5 heteroatoms. The maximum atomic E-state index is 5.68. The fourth-order valence-electron chi connectivity index (χ4n) is 10.9. The highest BCUT2D eigenvalue weighted by Gasteiger charge is 2.42. The summed E-state index contributed by atoms with van der Waals surface area (Å²) >= 11 is 0. The van der Waals surface area contributed by atoms with Crippen LogP contribution in [0.1, 0.15) is 0 Å². The normalized spacial score (nSPS) is 11.8. The lowest BCUT2D eigenvalue weighted by atomic mass is 10.1. The third-order valence-corrected chi connectivity index (χ3v) is 18.6. The van der Waals surface area contributed by atoms with Crippen molar-refractivity contribution in [3.63, 3.8) is 0 Å². The van der Waals surface area contributed by atoms with Crippen LogP contribution in [0.25, 0.3) is 88.9 Å². The van der Waals surface area contributed by atoms with Gasteiger partial charge >= 0.3 is 0 Å². The lowest BCUT2D eigenvalue weighted by molar-refractivity contribution is 0.998. The van der Waals surface area contributed by atoms with Gasteiger partial charge in [0.2, 0.25) is 5.95 Å². The van der Waals surface area contributed by atoms with Crippen molar-refractivity contribution in [1.29, 1.82) is 0 Å². The van der Waals surface area contributed by atoms with Gasteiger partial charge in [0.1, 0.15) is 0 Å². The van der Waals surface area contributed by atoms with Gasteiger partial charge in [-0.2, -0.15) is 0 Å². The summed E-state index contributed by atoms with van der Waals surface area (Å²) in [5, 5.41) is 9.88. The Morgan fingerprint density at radius 2 is 0.754 bits per heavy atom. The largest absolute Gasteiger partial charge is 0.309 e. The number of hydrogen-bond donors (Lipinski definition) is 0. The summed E-state index contributed by atoms with van der Waals surface area (Å²) in [5.74, 6) is 0.622. The summed E-state index contributed by atoms with van der Waals surface area (Å²) < 4.78 is 4.70. The van der Waals surface area contributed by atoms with E-state index >= 15 is 0 Å². The maximum absolute atomic E-state index is 5.68. The van der Waals surface area contributed by atoms with Gasteiger partial charge in [0.15, 0.2) is 8.07 Å². The Bertz CT molecular complexity index is 3960. The van der Waals surface area contributed by atoms with Crippen LogP contribution in [0.2, 0.25) is 0 Å². The summed E-state index contributed by atoms with van der Waals surface area (Å²) in [6, 6.07) is 96.9. The first-order valence-electron chi connectivity index (χ1n) is 23.6. The molecule has 4 nitrogen and oxygen atoms in total. The van der Waals surface area contributed by atoms with Gasteiger partial charge in [-0.25, -0.2) is 9.97 Å². The third-order valence-electron chi connectivity index (χ3n) is 13.9. The molecule has 0 saturated heterocycles. The zero-order valence-electron chi connectivity index (χ0n) is 37.7. The van der Waals surface area contributed by atoms with Crippen LogP contribution in [-0.4, -0.2) is 27.2 Å². The summed E-state index contributed by atoms with van der Waals surface area (Å²) in [6.45, 7) is 0. The van der Waals surface area contributed by atoms with Crippen LogP contribution in [0.15, 0.2) is 267 Å². The summed E-state index contributed by atoms with van der Waals surface area (Å²) in [6.07, 6.45) is 0. The third kappa shape index (κ3) is 6.66. The van der Waals surface area contributed by atoms with Gasteiger partial charge in [0.25, 0.3) is 0 Å². The predicted molar refractivity (Wildman–Crippen MR) is 291 cm³/mol. The zero-order chi connectivity index (χ0) is 45.7. The van der Waals surface area contributed by atoms with Gasteiger partial charge in [-0.05, 0) is 68.3 Å². The average molecular weight is 897 g/mol. The van der Waals surface area contributed by atoms with Gasteiger partial charge < -0.3 is 4.57 Å². The minimum atomic E-state index is -2.98. The molecule has 13 aromatic rings. The molecule has 0 aliphatic carbocycles. The molecule has 0 N–H and O–H groups in total. The molecule has 324 valence electrons. The molecule has 0 radical (unpaired) electrons. The van der Waals surface area contributed by atoms with E-state index in [9.17, 15) is 0 Å². The van der Waals surface area contributed by atoms with E-state index in [0.29, 0.717) is 5.95 Å². The molecule has 0 unspecified atom stereocenters. The lowest BCUT2D eigenvalue weighted by Crippen LogP contribution is -2.74. The highest BCUT2D eigenvalue weighted by Crippen LogP contribution is 2.42. The fraction of sp³-hybridized carbons (Fsp3) is 0. The number of benzene rings is 10. The van der Waals surface area contributed by atoms with E-state index < -0.39 is 8.07 Å². The van der Waals surface area contributed by atoms with Crippen molar-refractivity contribution in [2.75, 3.05) is 0 Å². The second-order valence-electron chi connectivity index (χ2n) is 17.7. The number of para-hydroxylation sites is 3. The van der Waals surface area contributed by atoms with E-state index in [1.807, 2.05) is 0 Å². The summed E-state index contributed by atoms with van der Waals surface area (Å²) in [4.78, 5) is 11.2. The molecule has 10 aromatic carbocycles. The predicted octanol–water partition coefficient (Wildman–Crippen LogP) is 13.0. The van der Waals surface area contributed by atoms with E-state index in [4.69, 9.17) is 9.97 Å². The van der Waals surface area contributed by atoms with Gasteiger partial charge in [-0.3, -0.25) is 4.57 Å². The SMILES string of the molecule is c1ccc(-c2cccc([Si](c3ccccc3)(c3ccccc3)c3cccc(-c4cc(-c5ccccc5)nc(-n5c6ccccc6c6ccc7c(c8ccccc8n7-c7ccccc7)c65)n4)c3)c2)cc1. The van der Waals surface area contributed by atoms with E-state index in [0.717, 1.165) is 61.0 Å². The van der Waals surface area contributed by atoms with Crippen molar-refractivity contribution in [3.05, 3.63) is 267 Å². The Balaban J connectivity index is 1.09. The van der Waals surface area contributed by atoms with Crippen LogP contribution < -0.4 is 20.7 Å². The molecule has 3 heterocycles. The molecule has 0 bridgehead atoms. The first-order chi connectivity index (χ1) is 34.2. The molecule has 3 aromatic heterocycles. The van der Waals surface area contributed by atoms with Crippen molar-refractivity contribution in [1.82, 2.24) is 19.1 Å². The first-order valence-corrected chi connectivity index (χ1v) is 25.6. The minimum absolute atomic E-state index is 0.622. The molecule has 0 fully saturated rings. The average Bonchev–Trinajstić information content (AvgIpc) is 3.96. The lowest BCUT2D eigenvalue weighted by Gasteiger charge is -2.35. The van der Waals surface area contributed by atoms with Gasteiger partial charge in [0.05, 0.1) is 33.5 Å². The van der Waals surface area contributed by atoms with Crippen LogP contribution in [0, 0.1) is 0 Å². The highest BCUT2D eigenvalue weighted by molar-refractivity contribution is 7.20. The number of aromatic nitrogens is 4. The highest BCUT2D eigenvalue weighted by atomic mass is 28.3. The van der Waals surface area contributed by atoms with E-state index in [1.165, 1.54) is 42.6 Å². The Morgan fingerprint density at radius 3 is 1.39 bits per heavy atom. The second-order valence-corrected chi connectivity index (χ2v) is 21.5. The number of fused-ring (bicyclic) bond motifs is 7. The van der Waals surface area contributed by atoms with Gasteiger partial charge in [0, 0.05) is 38.4 Å². The summed E-state index contributed by atoms with van der Waals surface area (Å²) in [7, 11) is -2.98. The topological polar surface area (TPSA) is 35.6 Å². The molecule has 0 spiro atoms. The first kappa shape index (κ1) is 40.4. The Morgan fingerprint density at radius 1 is 0.290 bits per heavy atom. The summed E-state index contributed by atoms with van der Waals surface area (Å²) in [5.41, 5.74) is 11.7. The molecule has 0 aliphatic heterocycles. The quantitative estimate of drug-likeness (QED) is 0.107.